The molecule has 0 amide bonds. The van der Waals surface area contributed by atoms with Crippen molar-refractivity contribution in [2.45, 2.75) is 6.04 Å². The Hall–Kier alpha value is -0.510. The van der Waals surface area contributed by atoms with Crippen LogP contribution in [0.3, 0.4) is 0 Å². The predicted molar refractivity (Wildman–Crippen MR) is 59.0 cm³/mol. The Morgan fingerprint density at radius 2 is 2.08 bits per heavy atom. The SMILES string of the molecule is Cl.Cl.c1ccc(NC2CNC2)nc1. The van der Waals surface area contributed by atoms with Crippen LogP contribution in [0, 0.1) is 0 Å². The molecule has 1 aliphatic rings. The molecule has 0 atom stereocenters. The summed E-state index contributed by atoms with van der Waals surface area (Å²) < 4.78 is 0. The van der Waals surface area contributed by atoms with Crippen LogP contribution in [0.2, 0.25) is 0 Å². The monoisotopic (exact) mass is 221 g/mol. The normalized spacial score (nSPS) is 14.8. The van der Waals surface area contributed by atoms with Gasteiger partial charge in [-0.25, -0.2) is 4.98 Å². The molecule has 13 heavy (non-hydrogen) atoms. The molecule has 0 unspecified atom stereocenters. The van der Waals surface area contributed by atoms with E-state index in [2.05, 4.69) is 15.6 Å². The number of aromatic nitrogens is 1. The maximum atomic E-state index is 4.16. The number of pyridine rings is 1. The summed E-state index contributed by atoms with van der Waals surface area (Å²) in [5.74, 6) is 0.971. The standard InChI is InChI=1S/C8H11N3.2ClH/c1-2-4-10-8(3-1)11-7-5-9-6-7;;/h1-4,7,9H,5-6H2,(H,10,11);2*1H. The Labute approximate surface area is 90.1 Å². The zero-order valence-electron chi connectivity index (χ0n) is 7.06. The van der Waals surface area contributed by atoms with E-state index >= 15 is 0 Å². The van der Waals surface area contributed by atoms with Gasteiger partial charge in [0.1, 0.15) is 5.82 Å². The van der Waals surface area contributed by atoms with Crippen molar-refractivity contribution >= 4 is 30.6 Å². The van der Waals surface area contributed by atoms with Gasteiger partial charge in [-0.2, -0.15) is 0 Å². The Morgan fingerprint density at radius 1 is 1.31 bits per heavy atom. The van der Waals surface area contributed by atoms with Crippen molar-refractivity contribution in [2.24, 2.45) is 0 Å². The number of hydrogen-bond acceptors (Lipinski definition) is 3. The molecule has 0 radical (unpaired) electrons. The number of rotatable bonds is 2. The molecule has 0 spiro atoms. The third-order valence-electron chi connectivity index (χ3n) is 1.80. The molecule has 2 rings (SSSR count). The van der Waals surface area contributed by atoms with Crippen LogP contribution < -0.4 is 10.6 Å². The Kier molecular flexibility index (Phi) is 5.79. The van der Waals surface area contributed by atoms with E-state index in [4.69, 9.17) is 0 Å². The molecule has 1 fully saturated rings. The summed E-state index contributed by atoms with van der Waals surface area (Å²) in [5, 5.41) is 6.50. The topological polar surface area (TPSA) is 37.0 Å². The lowest BCUT2D eigenvalue weighted by Crippen LogP contribution is -2.51. The molecule has 5 heteroatoms. The highest BCUT2D eigenvalue weighted by molar-refractivity contribution is 5.85. The van der Waals surface area contributed by atoms with E-state index in [9.17, 15) is 0 Å². The molecule has 0 aliphatic carbocycles. The van der Waals surface area contributed by atoms with Crippen molar-refractivity contribution in [3.63, 3.8) is 0 Å². The van der Waals surface area contributed by atoms with E-state index in [0.29, 0.717) is 6.04 Å². The highest BCUT2D eigenvalue weighted by Gasteiger charge is 2.15. The number of anilines is 1. The van der Waals surface area contributed by atoms with Gasteiger partial charge in [0.15, 0.2) is 0 Å². The maximum Gasteiger partial charge on any atom is 0.126 e. The highest BCUT2D eigenvalue weighted by atomic mass is 35.5. The second-order valence-electron chi connectivity index (χ2n) is 2.71. The van der Waals surface area contributed by atoms with Crippen LogP contribution in [0.5, 0.6) is 0 Å². The van der Waals surface area contributed by atoms with Gasteiger partial charge in [-0.05, 0) is 12.1 Å². The Balaban J connectivity index is 0.000000720. The summed E-state index contributed by atoms with van der Waals surface area (Å²) in [7, 11) is 0. The van der Waals surface area contributed by atoms with Crippen molar-refractivity contribution < 1.29 is 0 Å². The van der Waals surface area contributed by atoms with Crippen LogP contribution in [0.1, 0.15) is 0 Å². The first-order valence-corrected chi connectivity index (χ1v) is 3.83. The zero-order chi connectivity index (χ0) is 7.52. The summed E-state index contributed by atoms with van der Waals surface area (Å²) in [5.41, 5.74) is 0. The fraction of sp³-hybridized carbons (Fsp3) is 0.375. The second kappa shape index (κ2) is 6.02. The van der Waals surface area contributed by atoms with E-state index in [0.717, 1.165) is 18.9 Å². The van der Waals surface area contributed by atoms with Gasteiger partial charge in [0.2, 0.25) is 0 Å². The van der Waals surface area contributed by atoms with Crippen LogP contribution in [0.25, 0.3) is 0 Å². The lowest BCUT2D eigenvalue weighted by Gasteiger charge is -2.28. The maximum absolute atomic E-state index is 4.16. The summed E-state index contributed by atoms with van der Waals surface area (Å²) >= 11 is 0. The first kappa shape index (κ1) is 12.5. The van der Waals surface area contributed by atoms with Crippen LogP contribution in [-0.4, -0.2) is 24.1 Å². The summed E-state index contributed by atoms with van der Waals surface area (Å²) in [6.07, 6.45) is 1.80. The summed E-state index contributed by atoms with van der Waals surface area (Å²) in [4.78, 5) is 4.16. The molecule has 3 nitrogen and oxygen atoms in total. The highest BCUT2D eigenvalue weighted by Crippen LogP contribution is 2.04. The molecule has 1 aromatic rings. The van der Waals surface area contributed by atoms with Gasteiger partial charge in [0, 0.05) is 19.3 Å². The lowest BCUT2D eigenvalue weighted by molar-refractivity contribution is 0.471. The fourth-order valence-corrected chi connectivity index (χ4v) is 1.05. The van der Waals surface area contributed by atoms with Crippen molar-refractivity contribution in [1.29, 1.82) is 0 Å². The largest absolute Gasteiger partial charge is 0.365 e. The average molecular weight is 222 g/mol. The Morgan fingerprint density at radius 3 is 2.54 bits per heavy atom. The van der Waals surface area contributed by atoms with Gasteiger partial charge in [-0.3, -0.25) is 0 Å². The molecule has 0 saturated carbocycles. The van der Waals surface area contributed by atoms with Crippen molar-refractivity contribution in [3.05, 3.63) is 24.4 Å². The van der Waals surface area contributed by atoms with E-state index in [1.807, 2.05) is 18.2 Å². The van der Waals surface area contributed by atoms with E-state index in [1.165, 1.54) is 0 Å². The van der Waals surface area contributed by atoms with Gasteiger partial charge in [-0.15, -0.1) is 24.8 Å². The number of nitrogens with zero attached hydrogens (tertiary/aromatic N) is 1. The molecule has 1 aliphatic heterocycles. The number of hydrogen-bond donors (Lipinski definition) is 2. The smallest absolute Gasteiger partial charge is 0.126 e. The van der Waals surface area contributed by atoms with E-state index in [-0.39, 0.29) is 24.8 Å². The molecule has 1 saturated heterocycles. The second-order valence-corrected chi connectivity index (χ2v) is 2.71. The molecule has 0 bridgehead atoms. The first-order chi connectivity index (χ1) is 5.45. The third kappa shape index (κ3) is 3.38. The first-order valence-electron chi connectivity index (χ1n) is 3.83. The summed E-state index contributed by atoms with van der Waals surface area (Å²) in [6, 6.07) is 6.47. The van der Waals surface area contributed by atoms with Crippen LogP contribution in [0.4, 0.5) is 5.82 Å². The van der Waals surface area contributed by atoms with Gasteiger partial charge >= 0.3 is 0 Å². The minimum Gasteiger partial charge on any atom is -0.365 e. The quantitative estimate of drug-likeness (QED) is 0.792. The lowest BCUT2D eigenvalue weighted by atomic mass is 10.2. The van der Waals surface area contributed by atoms with E-state index in [1.54, 1.807) is 6.20 Å². The van der Waals surface area contributed by atoms with Crippen molar-refractivity contribution in [2.75, 3.05) is 18.4 Å². The van der Waals surface area contributed by atoms with Crippen molar-refractivity contribution in [1.82, 2.24) is 10.3 Å². The predicted octanol–water partition coefficient (Wildman–Crippen LogP) is 1.31. The summed E-state index contributed by atoms with van der Waals surface area (Å²) in [6.45, 7) is 2.10. The van der Waals surface area contributed by atoms with Crippen LogP contribution in [0.15, 0.2) is 24.4 Å². The average Bonchev–Trinajstić information content (AvgIpc) is 1.99. The fourth-order valence-electron chi connectivity index (χ4n) is 1.05. The molecule has 74 valence electrons. The van der Waals surface area contributed by atoms with Gasteiger partial charge in [0.05, 0.1) is 6.04 Å². The molecular formula is C8H13Cl2N3. The minimum atomic E-state index is 0. The van der Waals surface area contributed by atoms with Crippen LogP contribution in [-0.2, 0) is 0 Å². The van der Waals surface area contributed by atoms with Gasteiger partial charge < -0.3 is 10.6 Å². The molecule has 2 heterocycles. The minimum absolute atomic E-state index is 0. The zero-order valence-corrected chi connectivity index (χ0v) is 8.70. The Bertz CT molecular complexity index is 226. The van der Waals surface area contributed by atoms with Crippen LogP contribution >= 0.6 is 24.8 Å². The molecule has 2 N–H and O–H groups in total. The van der Waals surface area contributed by atoms with E-state index < -0.39 is 0 Å². The van der Waals surface area contributed by atoms with Crippen molar-refractivity contribution in [3.8, 4) is 0 Å². The van der Waals surface area contributed by atoms with Gasteiger partial charge in [-0.1, -0.05) is 6.07 Å². The van der Waals surface area contributed by atoms with Gasteiger partial charge in [0.25, 0.3) is 0 Å². The third-order valence-corrected chi connectivity index (χ3v) is 1.80. The number of nitrogens with one attached hydrogen (secondary N) is 2. The number of halogens is 2. The molecule has 0 aromatic carbocycles. The molecule has 1 aromatic heterocycles. The molecular weight excluding hydrogens is 209 g/mol.